The molecule has 2 aliphatic rings. The first kappa shape index (κ1) is 20.3. The Labute approximate surface area is 176 Å². The Bertz CT molecular complexity index is 939. The van der Waals surface area contributed by atoms with Crippen molar-refractivity contribution in [2.75, 3.05) is 26.2 Å². The molecule has 0 unspecified atom stereocenters. The maximum atomic E-state index is 13.3. The fourth-order valence-electron chi connectivity index (χ4n) is 4.69. The molecule has 1 aromatic carbocycles. The van der Waals surface area contributed by atoms with Crippen molar-refractivity contribution >= 4 is 17.6 Å². The Morgan fingerprint density at radius 1 is 1.17 bits per heavy atom. The van der Waals surface area contributed by atoms with Crippen molar-refractivity contribution in [3.05, 3.63) is 53.3 Å². The number of hydrogen-bond donors (Lipinski definition) is 1. The molecule has 158 valence electrons. The Morgan fingerprint density at radius 3 is 2.70 bits per heavy atom. The fraction of sp³-hybridized carbons (Fsp3) is 0.478. The van der Waals surface area contributed by atoms with E-state index in [1.165, 1.54) is 18.6 Å². The normalized spacial score (nSPS) is 21.4. The smallest absolute Gasteiger partial charge is 0.271 e. The summed E-state index contributed by atoms with van der Waals surface area (Å²) in [5, 5.41) is 6.56. The Morgan fingerprint density at radius 2 is 1.97 bits per heavy atom. The van der Waals surface area contributed by atoms with E-state index in [0.717, 1.165) is 38.8 Å². The number of aromatic amines is 1. The second-order valence-corrected chi connectivity index (χ2v) is 8.46. The molecule has 7 heteroatoms. The van der Waals surface area contributed by atoms with Crippen LogP contribution in [-0.4, -0.2) is 63.8 Å². The summed E-state index contributed by atoms with van der Waals surface area (Å²) < 4.78 is 0. The zero-order chi connectivity index (χ0) is 21.1. The Balaban J connectivity index is 1.37. The minimum absolute atomic E-state index is 0.184. The van der Waals surface area contributed by atoms with Gasteiger partial charge in [-0.25, -0.2) is 0 Å². The molecular weight excluding hydrogens is 380 g/mol. The molecule has 0 bridgehead atoms. The first-order valence-corrected chi connectivity index (χ1v) is 10.7. The molecule has 1 aromatic heterocycles. The number of H-pyrrole nitrogens is 1. The summed E-state index contributed by atoms with van der Waals surface area (Å²) in [6.45, 7) is 3.96. The highest BCUT2D eigenvalue weighted by Gasteiger charge is 2.49. The fourth-order valence-corrected chi connectivity index (χ4v) is 4.69. The van der Waals surface area contributed by atoms with E-state index in [-0.39, 0.29) is 23.3 Å². The van der Waals surface area contributed by atoms with E-state index in [4.69, 9.17) is 0 Å². The predicted molar refractivity (Wildman–Crippen MR) is 112 cm³/mol. The quantitative estimate of drug-likeness (QED) is 0.745. The minimum Gasteiger partial charge on any atom is -0.342 e. The van der Waals surface area contributed by atoms with Gasteiger partial charge in [-0.05, 0) is 43.7 Å². The molecule has 3 heterocycles. The van der Waals surface area contributed by atoms with Crippen LogP contribution in [0.1, 0.15) is 59.1 Å². The van der Waals surface area contributed by atoms with Crippen molar-refractivity contribution in [2.45, 2.75) is 39.0 Å². The average molecular weight is 409 g/mol. The molecular formula is C23H28N4O3. The largest absolute Gasteiger partial charge is 0.342 e. The SMILES string of the molecule is CC(=O)c1cc(C(=O)N2CC[C@@]3(CCCN(CCCc4ccccc4)C3=O)C2)[nH]n1. The maximum absolute atomic E-state index is 13.3. The van der Waals surface area contributed by atoms with Gasteiger partial charge in [0.15, 0.2) is 5.78 Å². The first-order chi connectivity index (χ1) is 14.5. The van der Waals surface area contributed by atoms with Crippen LogP contribution in [0.25, 0.3) is 0 Å². The van der Waals surface area contributed by atoms with Crippen LogP contribution in [0.15, 0.2) is 36.4 Å². The number of Topliss-reactive ketones (excluding diaryl/α,β-unsaturated/α-hetero) is 1. The van der Waals surface area contributed by atoms with Gasteiger partial charge in [-0.15, -0.1) is 0 Å². The average Bonchev–Trinajstić information content (AvgIpc) is 3.40. The number of aryl methyl sites for hydroxylation is 1. The number of carbonyl (C=O) groups is 3. The number of nitrogens with one attached hydrogen (secondary N) is 1. The lowest BCUT2D eigenvalue weighted by atomic mass is 9.78. The van der Waals surface area contributed by atoms with Crippen LogP contribution in [0, 0.1) is 5.41 Å². The molecule has 1 atom stereocenters. The number of likely N-dealkylation sites (tertiary alicyclic amines) is 2. The number of amides is 2. The number of ketones is 1. The zero-order valence-corrected chi connectivity index (χ0v) is 17.4. The van der Waals surface area contributed by atoms with Crippen molar-refractivity contribution in [2.24, 2.45) is 5.41 Å². The van der Waals surface area contributed by atoms with Gasteiger partial charge in [0, 0.05) is 33.1 Å². The van der Waals surface area contributed by atoms with Gasteiger partial charge < -0.3 is 9.80 Å². The molecule has 30 heavy (non-hydrogen) atoms. The number of carbonyl (C=O) groups excluding carboxylic acids is 3. The van der Waals surface area contributed by atoms with Crippen LogP contribution in [0.5, 0.6) is 0 Å². The third-order valence-electron chi connectivity index (χ3n) is 6.37. The number of rotatable bonds is 6. The van der Waals surface area contributed by atoms with Crippen molar-refractivity contribution in [1.82, 2.24) is 20.0 Å². The lowest BCUT2D eigenvalue weighted by Crippen LogP contribution is -2.50. The van der Waals surface area contributed by atoms with Gasteiger partial charge in [-0.3, -0.25) is 19.5 Å². The van der Waals surface area contributed by atoms with Crippen molar-refractivity contribution in [3.8, 4) is 0 Å². The summed E-state index contributed by atoms with van der Waals surface area (Å²) >= 11 is 0. The molecule has 2 saturated heterocycles. The summed E-state index contributed by atoms with van der Waals surface area (Å²) in [4.78, 5) is 41.3. The maximum Gasteiger partial charge on any atom is 0.271 e. The zero-order valence-electron chi connectivity index (χ0n) is 17.4. The van der Waals surface area contributed by atoms with Gasteiger partial charge >= 0.3 is 0 Å². The molecule has 2 fully saturated rings. The van der Waals surface area contributed by atoms with E-state index >= 15 is 0 Å². The van der Waals surface area contributed by atoms with E-state index in [1.807, 2.05) is 23.1 Å². The highest BCUT2D eigenvalue weighted by atomic mass is 16.2. The molecule has 7 nitrogen and oxygen atoms in total. The number of piperidine rings is 1. The van der Waals surface area contributed by atoms with Crippen molar-refractivity contribution in [3.63, 3.8) is 0 Å². The number of aromatic nitrogens is 2. The molecule has 0 aliphatic carbocycles. The highest BCUT2D eigenvalue weighted by Crippen LogP contribution is 2.40. The predicted octanol–water partition coefficient (Wildman–Crippen LogP) is 2.70. The summed E-state index contributed by atoms with van der Waals surface area (Å²) in [5.74, 6) is -0.191. The highest BCUT2D eigenvalue weighted by molar-refractivity contribution is 5.98. The van der Waals surface area contributed by atoms with Gasteiger partial charge in [-0.2, -0.15) is 5.10 Å². The lowest BCUT2D eigenvalue weighted by Gasteiger charge is -2.39. The first-order valence-electron chi connectivity index (χ1n) is 10.7. The number of benzene rings is 1. The van der Waals surface area contributed by atoms with Crippen LogP contribution < -0.4 is 0 Å². The van der Waals surface area contributed by atoms with E-state index < -0.39 is 5.41 Å². The molecule has 0 saturated carbocycles. The molecule has 4 rings (SSSR count). The molecule has 1 spiro atoms. The van der Waals surface area contributed by atoms with E-state index in [2.05, 4.69) is 22.3 Å². The van der Waals surface area contributed by atoms with Gasteiger partial charge in [0.2, 0.25) is 5.91 Å². The van der Waals surface area contributed by atoms with Crippen LogP contribution in [0.4, 0.5) is 0 Å². The van der Waals surface area contributed by atoms with Crippen LogP contribution in [0.2, 0.25) is 0 Å². The topological polar surface area (TPSA) is 86.4 Å². The van der Waals surface area contributed by atoms with Gasteiger partial charge in [0.1, 0.15) is 11.4 Å². The van der Waals surface area contributed by atoms with E-state index in [0.29, 0.717) is 25.2 Å². The summed E-state index contributed by atoms with van der Waals surface area (Å²) in [5.41, 5.74) is 1.38. The van der Waals surface area contributed by atoms with E-state index in [9.17, 15) is 14.4 Å². The standard InChI is InChI=1S/C23H28N4O3/c1-17(28)19-15-20(25-24-19)21(29)27-14-11-23(16-27)10-6-13-26(22(23)30)12-5-9-18-7-3-2-4-8-18/h2-4,7-8,15H,5-6,9-14,16H2,1H3,(H,24,25)/t23-/m0/s1. The molecule has 2 aromatic rings. The number of hydrogen-bond acceptors (Lipinski definition) is 4. The Kier molecular flexibility index (Phi) is 5.70. The molecule has 2 amide bonds. The van der Waals surface area contributed by atoms with Crippen molar-refractivity contribution < 1.29 is 14.4 Å². The third kappa shape index (κ3) is 4.01. The molecule has 0 radical (unpaired) electrons. The van der Waals surface area contributed by atoms with Gasteiger partial charge in [0.05, 0.1) is 5.41 Å². The van der Waals surface area contributed by atoms with Gasteiger partial charge in [0.25, 0.3) is 5.91 Å². The van der Waals surface area contributed by atoms with Crippen molar-refractivity contribution in [1.29, 1.82) is 0 Å². The monoisotopic (exact) mass is 408 g/mol. The Hall–Kier alpha value is -2.96. The van der Waals surface area contributed by atoms with Crippen LogP contribution >= 0.6 is 0 Å². The van der Waals surface area contributed by atoms with Crippen LogP contribution in [-0.2, 0) is 11.2 Å². The third-order valence-corrected chi connectivity index (χ3v) is 6.37. The summed E-state index contributed by atoms with van der Waals surface area (Å²) in [6, 6.07) is 11.8. The summed E-state index contributed by atoms with van der Waals surface area (Å²) in [6.07, 6.45) is 4.39. The summed E-state index contributed by atoms with van der Waals surface area (Å²) in [7, 11) is 0. The van der Waals surface area contributed by atoms with Crippen LogP contribution in [0.3, 0.4) is 0 Å². The lowest BCUT2D eigenvalue weighted by molar-refractivity contribution is -0.145. The van der Waals surface area contributed by atoms with Gasteiger partial charge in [-0.1, -0.05) is 30.3 Å². The van der Waals surface area contributed by atoms with E-state index in [1.54, 1.807) is 4.90 Å². The molecule has 1 N–H and O–H groups in total. The second-order valence-electron chi connectivity index (χ2n) is 8.46. The second kappa shape index (κ2) is 8.42. The minimum atomic E-state index is -0.468. The number of nitrogens with zero attached hydrogens (tertiary/aromatic N) is 3. The molecule has 2 aliphatic heterocycles.